The Morgan fingerprint density at radius 3 is 2.95 bits per heavy atom. The van der Waals surface area contributed by atoms with Crippen LogP contribution in [0.1, 0.15) is 35.4 Å². The molecule has 2 aromatic rings. The maximum atomic E-state index is 12.1. The van der Waals surface area contributed by atoms with Crippen LogP contribution in [0, 0.1) is 0 Å². The first-order valence-electron chi connectivity index (χ1n) is 6.47. The van der Waals surface area contributed by atoms with Crippen molar-refractivity contribution in [3.05, 3.63) is 41.5 Å². The number of carbonyl (C=O) groups excluding carboxylic acids is 1. The molecule has 0 bridgehead atoms. The Morgan fingerprint density at radius 1 is 1.40 bits per heavy atom. The summed E-state index contributed by atoms with van der Waals surface area (Å²) in [5.74, 6) is 0.987. The molecule has 0 fully saturated rings. The van der Waals surface area contributed by atoms with Crippen LogP contribution in [0.15, 0.2) is 33.7 Å². The Kier molecular flexibility index (Phi) is 5.17. The molecule has 20 heavy (non-hydrogen) atoms. The minimum absolute atomic E-state index is 0.128. The number of thioether (sulfide) groups is 1. The second kappa shape index (κ2) is 7.09. The van der Waals surface area contributed by atoms with Gasteiger partial charge in [-0.3, -0.25) is 4.79 Å². The lowest BCUT2D eigenvalue weighted by atomic mass is 10.2. The zero-order valence-electron chi connectivity index (χ0n) is 11.5. The number of hydrogen-bond acceptors (Lipinski definition) is 5. The third kappa shape index (κ3) is 3.60. The van der Waals surface area contributed by atoms with Gasteiger partial charge in [-0.2, -0.15) is 4.98 Å². The number of benzene rings is 1. The van der Waals surface area contributed by atoms with Gasteiger partial charge in [0.1, 0.15) is 0 Å². The smallest absolute Gasteiger partial charge is 0.252 e. The summed E-state index contributed by atoms with van der Waals surface area (Å²) in [7, 11) is 0. The van der Waals surface area contributed by atoms with E-state index >= 15 is 0 Å². The van der Waals surface area contributed by atoms with Crippen molar-refractivity contribution in [3.63, 3.8) is 0 Å². The number of rotatable bonds is 6. The van der Waals surface area contributed by atoms with E-state index in [9.17, 15) is 4.79 Å². The molecule has 1 aromatic carbocycles. The van der Waals surface area contributed by atoms with Gasteiger partial charge in [0.2, 0.25) is 5.89 Å². The van der Waals surface area contributed by atoms with Gasteiger partial charge in [0, 0.05) is 11.3 Å². The largest absolute Gasteiger partial charge is 0.345 e. The Hall–Kier alpha value is -1.82. The maximum Gasteiger partial charge on any atom is 0.252 e. The number of amides is 1. The number of nitrogens with one attached hydrogen (secondary N) is 1. The summed E-state index contributed by atoms with van der Waals surface area (Å²) in [6.07, 6.45) is 3.66. The van der Waals surface area contributed by atoms with E-state index < -0.39 is 0 Å². The van der Waals surface area contributed by atoms with Crippen LogP contribution in [0.2, 0.25) is 0 Å². The van der Waals surface area contributed by atoms with Gasteiger partial charge in [0.05, 0.1) is 12.1 Å². The lowest BCUT2D eigenvalue weighted by Crippen LogP contribution is -2.24. The average Bonchev–Trinajstić information content (AvgIpc) is 2.93. The molecule has 6 heteroatoms. The minimum atomic E-state index is -0.128. The van der Waals surface area contributed by atoms with Crippen molar-refractivity contribution in [2.75, 3.05) is 6.26 Å². The molecule has 0 radical (unpaired) electrons. The Morgan fingerprint density at radius 2 is 2.20 bits per heavy atom. The molecule has 0 spiro atoms. The second-order valence-electron chi connectivity index (χ2n) is 4.24. The van der Waals surface area contributed by atoms with Crippen molar-refractivity contribution in [1.82, 2.24) is 15.5 Å². The van der Waals surface area contributed by atoms with Gasteiger partial charge in [-0.25, -0.2) is 0 Å². The molecular formula is C14H17N3O2S. The van der Waals surface area contributed by atoms with Crippen LogP contribution in [0.4, 0.5) is 0 Å². The average molecular weight is 291 g/mol. The quantitative estimate of drug-likeness (QED) is 0.829. The van der Waals surface area contributed by atoms with Crippen LogP contribution in [0.5, 0.6) is 0 Å². The van der Waals surface area contributed by atoms with Crippen LogP contribution in [0.25, 0.3) is 0 Å². The third-order valence-electron chi connectivity index (χ3n) is 2.73. The molecule has 1 aromatic heterocycles. The van der Waals surface area contributed by atoms with Crippen molar-refractivity contribution in [2.45, 2.75) is 31.2 Å². The zero-order chi connectivity index (χ0) is 14.4. The van der Waals surface area contributed by atoms with Gasteiger partial charge in [-0.15, -0.1) is 11.8 Å². The molecule has 0 aliphatic carbocycles. The maximum absolute atomic E-state index is 12.1. The normalized spacial score (nSPS) is 10.5. The highest BCUT2D eigenvalue weighted by Gasteiger charge is 2.11. The summed E-state index contributed by atoms with van der Waals surface area (Å²) in [4.78, 5) is 17.3. The van der Waals surface area contributed by atoms with Gasteiger partial charge < -0.3 is 9.84 Å². The van der Waals surface area contributed by atoms with E-state index in [-0.39, 0.29) is 12.5 Å². The first kappa shape index (κ1) is 14.6. The lowest BCUT2D eigenvalue weighted by molar-refractivity contribution is 0.0946. The third-order valence-corrected chi connectivity index (χ3v) is 3.53. The first-order chi connectivity index (χ1) is 9.74. The highest BCUT2D eigenvalue weighted by Crippen LogP contribution is 2.19. The SMILES string of the molecule is CCCc1nc(CNC(=O)c2ccccc2SC)no1. The molecule has 0 atom stereocenters. The Balaban J connectivity index is 1.97. The summed E-state index contributed by atoms with van der Waals surface area (Å²) in [5.41, 5.74) is 0.664. The molecule has 1 N–H and O–H groups in total. The molecule has 5 nitrogen and oxygen atoms in total. The monoisotopic (exact) mass is 291 g/mol. The van der Waals surface area contributed by atoms with E-state index in [1.807, 2.05) is 31.4 Å². The topological polar surface area (TPSA) is 68.0 Å². The second-order valence-corrected chi connectivity index (χ2v) is 5.09. The van der Waals surface area contributed by atoms with Crippen molar-refractivity contribution in [3.8, 4) is 0 Å². The summed E-state index contributed by atoms with van der Waals surface area (Å²) in [6, 6.07) is 7.49. The number of aryl methyl sites for hydroxylation is 1. The van der Waals surface area contributed by atoms with Gasteiger partial charge >= 0.3 is 0 Å². The fourth-order valence-corrected chi connectivity index (χ4v) is 2.36. The number of carbonyl (C=O) groups is 1. The Labute approximate surface area is 122 Å². The number of hydrogen-bond donors (Lipinski definition) is 1. The van der Waals surface area contributed by atoms with Crippen molar-refractivity contribution >= 4 is 17.7 Å². The number of nitrogens with zero attached hydrogens (tertiary/aromatic N) is 2. The summed E-state index contributed by atoms with van der Waals surface area (Å²) < 4.78 is 5.07. The predicted molar refractivity (Wildman–Crippen MR) is 77.7 cm³/mol. The fraction of sp³-hybridized carbons (Fsp3) is 0.357. The summed E-state index contributed by atoms with van der Waals surface area (Å²) >= 11 is 1.55. The molecule has 0 saturated heterocycles. The van der Waals surface area contributed by atoms with E-state index in [1.165, 1.54) is 0 Å². The van der Waals surface area contributed by atoms with E-state index in [4.69, 9.17) is 4.52 Å². The minimum Gasteiger partial charge on any atom is -0.345 e. The molecule has 0 aliphatic heterocycles. The highest BCUT2D eigenvalue weighted by atomic mass is 32.2. The lowest BCUT2D eigenvalue weighted by Gasteiger charge is -2.06. The van der Waals surface area contributed by atoms with Crippen molar-refractivity contribution < 1.29 is 9.32 Å². The van der Waals surface area contributed by atoms with Gasteiger partial charge in [-0.05, 0) is 24.8 Å². The van der Waals surface area contributed by atoms with Gasteiger partial charge in [0.15, 0.2) is 5.82 Å². The Bertz CT molecular complexity index is 583. The van der Waals surface area contributed by atoms with E-state index in [1.54, 1.807) is 17.8 Å². The fourth-order valence-electron chi connectivity index (χ4n) is 1.76. The standard InChI is InChI=1S/C14H17N3O2S/c1-3-6-13-16-12(17-19-13)9-15-14(18)10-7-4-5-8-11(10)20-2/h4-5,7-8H,3,6,9H2,1-2H3,(H,15,18). The van der Waals surface area contributed by atoms with Gasteiger partial charge in [-0.1, -0.05) is 24.2 Å². The van der Waals surface area contributed by atoms with Crippen LogP contribution in [0.3, 0.4) is 0 Å². The van der Waals surface area contributed by atoms with Crippen molar-refractivity contribution in [2.24, 2.45) is 0 Å². The molecule has 0 saturated carbocycles. The molecule has 2 rings (SSSR count). The van der Waals surface area contributed by atoms with Gasteiger partial charge in [0.25, 0.3) is 5.91 Å². The zero-order valence-corrected chi connectivity index (χ0v) is 12.4. The van der Waals surface area contributed by atoms with Crippen LogP contribution in [-0.2, 0) is 13.0 Å². The van der Waals surface area contributed by atoms with Crippen LogP contribution < -0.4 is 5.32 Å². The van der Waals surface area contributed by atoms with E-state index in [0.717, 1.165) is 17.7 Å². The van der Waals surface area contributed by atoms with Crippen LogP contribution >= 0.6 is 11.8 Å². The molecule has 1 amide bonds. The van der Waals surface area contributed by atoms with E-state index in [0.29, 0.717) is 17.3 Å². The van der Waals surface area contributed by atoms with E-state index in [2.05, 4.69) is 15.5 Å². The molecule has 0 unspecified atom stereocenters. The highest BCUT2D eigenvalue weighted by molar-refractivity contribution is 7.98. The van der Waals surface area contributed by atoms with Crippen LogP contribution in [-0.4, -0.2) is 22.3 Å². The van der Waals surface area contributed by atoms with Crippen molar-refractivity contribution in [1.29, 1.82) is 0 Å². The number of aromatic nitrogens is 2. The molecule has 0 aliphatic rings. The molecule has 106 valence electrons. The predicted octanol–water partition coefficient (Wildman–Crippen LogP) is 2.67. The first-order valence-corrected chi connectivity index (χ1v) is 7.69. The molecular weight excluding hydrogens is 274 g/mol. The molecule has 1 heterocycles. The summed E-state index contributed by atoms with van der Waals surface area (Å²) in [5, 5.41) is 6.65. The summed E-state index contributed by atoms with van der Waals surface area (Å²) in [6.45, 7) is 2.32.